The first kappa shape index (κ1) is 14.0. The quantitative estimate of drug-likeness (QED) is 0.856. The molecule has 2 rings (SSSR count). The van der Waals surface area contributed by atoms with E-state index in [-0.39, 0.29) is 0 Å². The van der Waals surface area contributed by atoms with Gasteiger partial charge in [-0.05, 0) is 19.9 Å². The number of hydrogen-bond donors (Lipinski definition) is 1. The topological polar surface area (TPSA) is 58.4 Å². The minimum atomic E-state index is -0.934. The zero-order valence-electron chi connectivity index (χ0n) is 11.5. The van der Waals surface area contributed by atoms with Crippen molar-refractivity contribution >= 4 is 29.6 Å². The number of hydrogen-bond acceptors (Lipinski definition) is 4. The number of aromatic nitrogens is 2. The van der Waals surface area contributed by atoms with E-state index in [1.54, 1.807) is 6.08 Å². The van der Waals surface area contributed by atoms with Crippen LogP contribution in [0.25, 0.3) is 6.08 Å². The minimum absolute atomic E-state index is 0.436. The lowest BCUT2D eigenvalue weighted by molar-refractivity contribution is -0.131. The summed E-state index contributed by atoms with van der Waals surface area (Å²) < 4.78 is 1.85. The van der Waals surface area contributed by atoms with Gasteiger partial charge >= 0.3 is 5.97 Å². The Labute approximate surface area is 117 Å². The summed E-state index contributed by atoms with van der Waals surface area (Å²) in [5, 5.41) is 13.2. The predicted octanol–water partition coefficient (Wildman–Crippen LogP) is 1.77. The van der Waals surface area contributed by atoms with Crippen molar-refractivity contribution in [2.45, 2.75) is 19.9 Å². The van der Waals surface area contributed by atoms with Crippen molar-refractivity contribution in [3.8, 4) is 0 Å². The molecule has 1 unspecified atom stereocenters. The largest absolute Gasteiger partial charge is 0.478 e. The summed E-state index contributed by atoms with van der Waals surface area (Å²) >= 11 is 1.95. The van der Waals surface area contributed by atoms with Gasteiger partial charge < -0.3 is 10.0 Å². The second-order valence-electron chi connectivity index (χ2n) is 4.74. The van der Waals surface area contributed by atoms with Crippen LogP contribution in [0, 0.1) is 6.92 Å². The smallest absolute Gasteiger partial charge is 0.328 e. The highest BCUT2D eigenvalue weighted by atomic mass is 32.2. The number of thioether (sulfide) groups is 1. The minimum Gasteiger partial charge on any atom is -0.478 e. The van der Waals surface area contributed by atoms with Gasteiger partial charge in [0.2, 0.25) is 0 Å². The third kappa shape index (κ3) is 2.94. The number of aryl methyl sites for hydroxylation is 2. The molecule has 0 saturated carbocycles. The highest BCUT2D eigenvalue weighted by molar-refractivity contribution is 7.99. The highest BCUT2D eigenvalue weighted by Gasteiger charge is 2.24. The molecule has 1 aromatic heterocycles. The van der Waals surface area contributed by atoms with Crippen molar-refractivity contribution in [3.05, 3.63) is 17.3 Å². The van der Waals surface area contributed by atoms with E-state index in [1.165, 1.54) is 6.08 Å². The number of rotatable bonds is 3. The molecule has 0 bridgehead atoms. The van der Waals surface area contributed by atoms with E-state index in [2.05, 4.69) is 16.9 Å². The van der Waals surface area contributed by atoms with Crippen molar-refractivity contribution in [2.75, 3.05) is 23.0 Å². The molecule has 0 aliphatic carbocycles. The Bertz CT molecular complexity index is 510. The van der Waals surface area contributed by atoms with Crippen molar-refractivity contribution in [3.63, 3.8) is 0 Å². The first-order valence-electron chi connectivity index (χ1n) is 6.29. The molecular formula is C13H19N3O2S. The van der Waals surface area contributed by atoms with Gasteiger partial charge in [-0.2, -0.15) is 16.9 Å². The monoisotopic (exact) mass is 281 g/mol. The maximum Gasteiger partial charge on any atom is 0.328 e. The fourth-order valence-corrected chi connectivity index (χ4v) is 3.41. The Kier molecular flexibility index (Phi) is 4.19. The van der Waals surface area contributed by atoms with Crippen LogP contribution in [-0.2, 0) is 11.8 Å². The molecule has 0 amide bonds. The van der Waals surface area contributed by atoms with Gasteiger partial charge in [0.15, 0.2) is 0 Å². The van der Waals surface area contributed by atoms with Crippen LogP contribution < -0.4 is 4.90 Å². The van der Waals surface area contributed by atoms with E-state index in [0.29, 0.717) is 6.04 Å². The van der Waals surface area contributed by atoms with E-state index >= 15 is 0 Å². The first-order chi connectivity index (χ1) is 9.00. The molecule has 1 aromatic rings. The Balaban J connectivity index is 2.40. The second kappa shape index (κ2) is 5.69. The van der Waals surface area contributed by atoms with Gasteiger partial charge in [-0.3, -0.25) is 4.68 Å². The van der Waals surface area contributed by atoms with Crippen LogP contribution in [0.2, 0.25) is 0 Å². The van der Waals surface area contributed by atoms with Crippen LogP contribution in [0.1, 0.15) is 18.2 Å². The summed E-state index contributed by atoms with van der Waals surface area (Å²) in [5.41, 5.74) is 1.77. The van der Waals surface area contributed by atoms with E-state index in [9.17, 15) is 4.79 Å². The Morgan fingerprint density at radius 3 is 2.95 bits per heavy atom. The van der Waals surface area contributed by atoms with Gasteiger partial charge in [0.25, 0.3) is 0 Å². The Hall–Kier alpha value is -1.43. The van der Waals surface area contributed by atoms with E-state index in [1.807, 2.05) is 30.4 Å². The van der Waals surface area contributed by atoms with Crippen molar-refractivity contribution in [1.29, 1.82) is 0 Å². The molecule has 2 heterocycles. The van der Waals surface area contributed by atoms with E-state index < -0.39 is 5.97 Å². The molecule has 0 spiro atoms. The highest BCUT2D eigenvalue weighted by Crippen LogP contribution is 2.29. The zero-order valence-corrected chi connectivity index (χ0v) is 12.3. The molecule has 19 heavy (non-hydrogen) atoms. The molecule has 0 aromatic carbocycles. The van der Waals surface area contributed by atoms with E-state index in [4.69, 9.17) is 5.11 Å². The van der Waals surface area contributed by atoms with Gasteiger partial charge in [0.05, 0.1) is 5.69 Å². The fourth-order valence-electron chi connectivity index (χ4n) is 2.39. The molecule has 1 aliphatic heterocycles. The van der Waals surface area contributed by atoms with Gasteiger partial charge in [0.1, 0.15) is 5.82 Å². The molecule has 1 saturated heterocycles. The molecule has 1 fully saturated rings. The van der Waals surface area contributed by atoms with Crippen LogP contribution in [0.4, 0.5) is 5.82 Å². The fraction of sp³-hybridized carbons (Fsp3) is 0.538. The molecule has 1 aliphatic rings. The summed E-state index contributed by atoms with van der Waals surface area (Å²) in [5.74, 6) is 2.27. The molecule has 5 nitrogen and oxygen atoms in total. The lowest BCUT2D eigenvalue weighted by Crippen LogP contribution is -2.41. The van der Waals surface area contributed by atoms with Crippen LogP contribution in [0.5, 0.6) is 0 Å². The average Bonchev–Trinajstić information content (AvgIpc) is 2.62. The van der Waals surface area contributed by atoms with Gasteiger partial charge in [0, 0.05) is 42.8 Å². The second-order valence-corrected chi connectivity index (χ2v) is 5.89. The predicted molar refractivity (Wildman–Crippen MR) is 78.7 cm³/mol. The van der Waals surface area contributed by atoms with Crippen LogP contribution in [0.3, 0.4) is 0 Å². The summed E-state index contributed by atoms with van der Waals surface area (Å²) in [6.45, 7) is 5.08. The number of carbonyl (C=O) groups is 1. The standard InChI is InChI=1S/C13H19N3O2S/c1-9-8-19-7-6-16(9)13-11(4-5-12(17)18)10(2)14-15(13)3/h4-5,9H,6-8H2,1-3H3,(H,17,18). The third-order valence-corrected chi connectivity index (χ3v) is 4.46. The van der Waals surface area contributed by atoms with Crippen LogP contribution >= 0.6 is 11.8 Å². The summed E-state index contributed by atoms with van der Waals surface area (Å²) in [4.78, 5) is 13.0. The lowest BCUT2D eigenvalue weighted by atomic mass is 10.2. The lowest BCUT2D eigenvalue weighted by Gasteiger charge is -2.35. The van der Waals surface area contributed by atoms with Gasteiger partial charge in [-0.15, -0.1) is 0 Å². The first-order valence-corrected chi connectivity index (χ1v) is 7.45. The summed E-state index contributed by atoms with van der Waals surface area (Å²) in [6, 6.07) is 0.436. The third-order valence-electron chi connectivity index (χ3n) is 3.27. The van der Waals surface area contributed by atoms with Crippen LogP contribution in [-0.4, -0.2) is 44.9 Å². The molecule has 1 N–H and O–H groups in total. The van der Waals surface area contributed by atoms with E-state index in [0.717, 1.165) is 35.1 Å². The molecule has 0 radical (unpaired) electrons. The SMILES string of the molecule is Cc1nn(C)c(N2CCSCC2C)c1C=CC(=O)O. The number of aliphatic carboxylic acids is 1. The average molecular weight is 281 g/mol. The molecular weight excluding hydrogens is 262 g/mol. The van der Waals surface area contributed by atoms with Crippen molar-refractivity contribution in [2.24, 2.45) is 7.05 Å². The van der Waals surface area contributed by atoms with Crippen molar-refractivity contribution in [1.82, 2.24) is 9.78 Å². The Morgan fingerprint density at radius 1 is 1.58 bits per heavy atom. The normalized spacial score (nSPS) is 20.2. The maximum atomic E-state index is 10.7. The molecule has 1 atom stereocenters. The number of nitrogens with zero attached hydrogens (tertiary/aromatic N) is 3. The Morgan fingerprint density at radius 2 is 2.32 bits per heavy atom. The van der Waals surface area contributed by atoms with Crippen molar-refractivity contribution < 1.29 is 9.90 Å². The molecule has 104 valence electrons. The van der Waals surface area contributed by atoms with Gasteiger partial charge in [-0.1, -0.05) is 0 Å². The number of anilines is 1. The number of carboxylic acids is 1. The van der Waals surface area contributed by atoms with Gasteiger partial charge in [-0.25, -0.2) is 4.79 Å². The maximum absolute atomic E-state index is 10.7. The van der Waals surface area contributed by atoms with Crippen LogP contribution in [0.15, 0.2) is 6.08 Å². The summed E-state index contributed by atoms with van der Waals surface area (Å²) in [6.07, 6.45) is 2.82. The molecule has 6 heteroatoms. The summed E-state index contributed by atoms with van der Waals surface area (Å²) in [7, 11) is 1.91. The zero-order chi connectivity index (χ0) is 14.0. The number of carboxylic acid groups (broad SMARTS) is 1.